The molecular weight excluding hydrogens is 354 g/mol. The van der Waals surface area contributed by atoms with Crippen molar-refractivity contribution in [3.63, 3.8) is 0 Å². The highest BCUT2D eigenvalue weighted by Crippen LogP contribution is 2.33. The summed E-state index contributed by atoms with van der Waals surface area (Å²) in [5.74, 6) is 0.160. The number of ether oxygens (including phenoxy) is 2. The smallest absolute Gasteiger partial charge is 0.430 e. The van der Waals surface area contributed by atoms with Crippen LogP contribution in [0.3, 0.4) is 0 Å². The maximum absolute atomic E-state index is 13.1. The Morgan fingerprint density at radius 3 is 2.29 bits per heavy atom. The van der Waals surface area contributed by atoms with Crippen molar-refractivity contribution in [2.24, 2.45) is 0 Å². The van der Waals surface area contributed by atoms with E-state index in [-0.39, 0.29) is 11.8 Å². The summed E-state index contributed by atoms with van der Waals surface area (Å²) >= 11 is 0. The number of hydrogen-bond acceptors (Lipinski definition) is 4. The Morgan fingerprint density at radius 2 is 1.68 bits per heavy atom. The minimum absolute atomic E-state index is 0.0258. The molecule has 2 aromatic rings. The standard InChI is InChI=1S/C23H25NO4/c1-17-7-9-19(10-8-17)20(18-5-3-2-4-6-18)15-21(25)24-13-11-23(12-14-24)16-27-22(26)28-23/h2-10,20H,11-16H2,1H3/t20-/m1/s1. The highest BCUT2D eigenvalue weighted by molar-refractivity contribution is 5.78. The number of piperidine rings is 1. The summed E-state index contributed by atoms with van der Waals surface area (Å²) in [6.45, 7) is 3.54. The van der Waals surface area contributed by atoms with Crippen molar-refractivity contribution < 1.29 is 19.1 Å². The number of carbonyl (C=O) groups excluding carboxylic acids is 2. The molecule has 2 saturated heterocycles. The van der Waals surface area contributed by atoms with E-state index in [4.69, 9.17) is 9.47 Å². The maximum Gasteiger partial charge on any atom is 0.509 e. The first-order valence-corrected chi connectivity index (χ1v) is 9.80. The third-order valence-electron chi connectivity index (χ3n) is 5.84. The van der Waals surface area contributed by atoms with Gasteiger partial charge in [0.1, 0.15) is 6.61 Å². The normalized spacial score (nSPS) is 19.2. The lowest BCUT2D eigenvalue weighted by Crippen LogP contribution is -2.48. The van der Waals surface area contributed by atoms with E-state index in [0.717, 1.165) is 11.1 Å². The first-order chi connectivity index (χ1) is 13.5. The summed E-state index contributed by atoms with van der Waals surface area (Å²) in [6, 6.07) is 18.6. The molecule has 0 radical (unpaired) electrons. The molecule has 28 heavy (non-hydrogen) atoms. The summed E-state index contributed by atoms with van der Waals surface area (Å²) in [6.07, 6.45) is 1.09. The van der Waals surface area contributed by atoms with Crippen LogP contribution in [-0.4, -0.2) is 42.3 Å². The van der Waals surface area contributed by atoms with Crippen LogP contribution in [0.15, 0.2) is 54.6 Å². The second-order valence-electron chi connectivity index (χ2n) is 7.78. The minimum Gasteiger partial charge on any atom is -0.430 e. The van der Waals surface area contributed by atoms with Crippen molar-refractivity contribution >= 4 is 12.1 Å². The average molecular weight is 379 g/mol. The fourth-order valence-electron chi connectivity index (χ4n) is 4.05. The van der Waals surface area contributed by atoms with Crippen molar-refractivity contribution in [3.8, 4) is 0 Å². The topological polar surface area (TPSA) is 55.8 Å². The molecule has 146 valence electrons. The van der Waals surface area contributed by atoms with Crippen molar-refractivity contribution in [3.05, 3.63) is 71.3 Å². The Kier molecular flexibility index (Phi) is 5.07. The Bertz CT molecular complexity index is 839. The molecule has 1 amide bonds. The van der Waals surface area contributed by atoms with Crippen molar-refractivity contribution in [1.82, 2.24) is 4.90 Å². The fourth-order valence-corrected chi connectivity index (χ4v) is 4.05. The summed E-state index contributed by atoms with van der Waals surface area (Å²) in [4.78, 5) is 26.3. The zero-order chi connectivity index (χ0) is 19.6. The zero-order valence-corrected chi connectivity index (χ0v) is 16.1. The van der Waals surface area contributed by atoms with Crippen LogP contribution in [0, 0.1) is 6.92 Å². The van der Waals surface area contributed by atoms with Gasteiger partial charge in [-0.05, 0) is 18.1 Å². The van der Waals surface area contributed by atoms with Gasteiger partial charge in [-0.1, -0.05) is 60.2 Å². The van der Waals surface area contributed by atoms with Gasteiger partial charge in [-0.25, -0.2) is 4.79 Å². The molecule has 5 nitrogen and oxygen atoms in total. The Labute approximate surface area is 165 Å². The molecule has 0 unspecified atom stereocenters. The molecular formula is C23H25NO4. The molecule has 2 fully saturated rings. The van der Waals surface area contributed by atoms with E-state index in [1.54, 1.807) is 0 Å². The molecule has 2 heterocycles. The van der Waals surface area contributed by atoms with E-state index < -0.39 is 11.8 Å². The average Bonchev–Trinajstić information content (AvgIpc) is 3.08. The molecule has 0 saturated carbocycles. The van der Waals surface area contributed by atoms with E-state index >= 15 is 0 Å². The van der Waals surface area contributed by atoms with E-state index in [1.165, 1.54) is 5.56 Å². The molecule has 0 aromatic heterocycles. The van der Waals surface area contributed by atoms with Crippen LogP contribution in [0.1, 0.15) is 41.9 Å². The summed E-state index contributed by atoms with van der Waals surface area (Å²) in [5.41, 5.74) is 2.96. The van der Waals surface area contributed by atoms with Crippen LogP contribution in [0.25, 0.3) is 0 Å². The van der Waals surface area contributed by atoms with Gasteiger partial charge in [0.15, 0.2) is 5.60 Å². The SMILES string of the molecule is Cc1ccc([C@H](CC(=O)N2CCC3(CC2)COC(=O)O3)c2ccccc2)cc1. The van der Waals surface area contributed by atoms with E-state index in [9.17, 15) is 9.59 Å². The number of likely N-dealkylation sites (tertiary alicyclic amines) is 1. The summed E-state index contributed by atoms with van der Waals surface area (Å²) in [5, 5.41) is 0. The van der Waals surface area contributed by atoms with E-state index in [2.05, 4.69) is 43.3 Å². The van der Waals surface area contributed by atoms with Gasteiger partial charge in [0.05, 0.1) is 0 Å². The first kappa shape index (κ1) is 18.5. The first-order valence-electron chi connectivity index (χ1n) is 9.80. The molecule has 2 aromatic carbocycles. The van der Waals surface area contributed by atoms with Crippen LogP contribution >= 0.6 is 0 Å². The van der Waals surface area contributed by atoms with Crippen LogP contribution < -0.4 is 0 Å². The van der Waals surface area contributed by atoms with Gasteiger partial charge in [-0.3, -0.25) is 4.79 Å². The van der Waals surface area contributed by atoms with Crippen LogP contribution in [-0.2, 0) is 14.3 Å². The predicted octanol–water partition coefficient (Wildman–Crippen LogP) is 4.05. The molecule has 1 atom stereocenters. The lowest BCUT2D eigenvalue weighted by atomic mass is 9.87. The quantitative estimate of drug-likeness (QED) is 0.752. The van der Waals surface area contributed by atoms with Gasteiger partial charge in [0, 0.05) is 38.3 Å². The van der Waals surface area contributed by atoms with Gasteiger partial charge in [-0.15, -0.1) is 0 Å². The Hall–Kier alpha value is -2.82. The number of cyclic esters (lactones) is 1. The molecule has 1 spiro atoms. The van der Waals surface area contributed by atoms with Crippen LogP contribution in [0.5, 0.6) is 0 Å². The van der Waals surface area contributed by atoms with Crippen molar-refractivity contribution in [1.29, 1.82) is 0 Å². The number of aryl methyl sites for hydroxylation is 1. The van der Waals surface area contributed by atoms with Gasteiger partial charge in [0.25, 0.3) is 0 Å². The van der Waals surface area contributed by atoms with E-state index in [1.807, 2.05) is 23.1 Å². The number of rotatable bonds is 4. The monoisotopic (exact) mass is 379 g/mol. The lowest BCUT2D eigenvalue weighted by molar-refractivity contribution is -0.134. The lowest BCUT2D eigenvalue weighted by Gasteiger charge is -2.36. The fraction of sp³-hybridized carbons (Fsp3) is 0.391. The van der Waals surface area contributed by atoms with Gasteiger partial charge in [-0.2, -0.15) is 0 Å². The number of nitrogens with zero attached hydrogens (tertiary/aromatic N) is 1. The molecule has 0 bridgehead atoms. The second kappa shape index (κ2) is 7.66. The highest BCUT2D eigenvalue weighted by atomic mass is 16.8. The number of amides is 1. The van der Waals surface area contributed by atoms with Crippen molar-refractivity contribution in [2.75, 3.05) is 19.7 Å². The van der Waals surface area contributed by atoms with Crippen molar-refractivity contribution in [2.45, 2.75) is 37.7 Å². The van der Waals surface area contributed by atoms with Gasteiger partial charge >= 0.3 is 6.16 Å². The van der Waals surface area contributed by atoms with E-state index in [0.29, 0.717) is 39.0 Å². The van der Waals surface area contributed by atoms with Crippen LogP contribution in [0.2, 0.25) is 0 Å². The third kappa shape index (κ3) is 3.88. The maximum atomic E-state index is 13.1. The number of benzene rings is 2. The summed E-state index contributed by atoms with van der Waals surface area (Å²) < 4.78 is 10.3. The molecule has 4 rings (SSSR count). The van der Waals surface area contributed by atoms with Crippen LogP contribution in [0.4, 0.5) is 4.79 Å². The largest absolute Gasteiger partial charge is 0.509 e. The summed E-state index contributed by atoms with van der Waals surface area (Å²) in [7, 11) is 0. The Balaban J connectivity index is 1.47. The number of carbonyl (C=O) groups is 2. The molecule has 5 heteroatoms. The predicted molar refractivity (Wildman–Crippen MR) is 105 cm³/mol. The molecule has 0 aliphatic carbocycles. The van der Waals surface area contributed by atoms with Gasteiger partial charge < -0.3 is 14.4 Å². The molecule has 2 aliphatic rings. The third-order valence-corrected chi connectivity index (χ3v) is 5.84. The molecule has 2 aliphatic heterocycles. The van der Waals surface area contributed by atoms with Gasteiger partial charge in [0.2, 0.25) is 5.91 Å². The second-order valence-corrected chi connectivity index (χ2v) is 7.78. The number of hydrogen-bond donors (Lipinski definition) is 0. The minimum atomic E-state index is -0.594. The molecule has 0 N–H and O–H groups in total. The highest BCUT2D eigenvalue weighted by Gasteiger charge is 2.45. The Morgan fingerprint density at radius 1 is 1.04 bits per heavy atom. The zero-order valence-electron chi connectivity index (χ0n) is 16.1.